The summed E-state index contributed by atoms with van der Waals surface area (Å²) in [5.41, 5.74) is 1.87. The van der Waals surface area contributed by atoms with E-state index < -0.39 is 0 Å². The number of rotatable bonds is 5. The lowest BCUT2D eigenvalue weighted by atomic mass is 10.2. The monoisotopic (exact) mass is 338 g/mol. The van der Waals surface area contributed by atoms with Crippen LogP contribution in [0.25, 0.3) is 22.4 Å². The lowest BCUT2D eigenvalue weighted by Gasteiger charge is -2.12. The molecule has 6 heteroatoms. The lowest BCUT2D eigenvalue weighted by Crippen LogP contribution is -2.35. The van der Waals surface area contributed by atoms with E-state index in [-0.39, 0.29) is 5.91 Å². The van der Waals surface area contributed by atoms with Crippen LogP contribution in [0.3, 0.4) is 0 Å². The van der Waals surface area contributed by atoms with Crippen molar-refractivity contribution in [2.75, 3.05) is 0 Å². The van der Waals surface area contributed by atoms with E-state index in [1.807, 2.05) is 42.0 Å². The Balaban J connectivity index is 1.63. The minimum atomic E-state index is 0.0546. The van der Waals surface area contributed by atoms with Crippen molar-refractivity contribution in [3.63, 3.8) is 0 Å². The Morgan fingerprint density at radius 1 is 1.28 bits per heavy atom. The highest BCUT2D eigenvalue weighted by Crippen LogP contribution is 2.30. The fourth-order valence-corrected chi connectivity index (χ4v) is 3.55. The van der Waals surface area contributed by atoms with Crippen molar-refractivity contribution >= 4 is 16.8 Å². The highest BCUT2D eigenvalue weighted by atomic mass is 16.4. The Bertz CT molecular complexity index is 890. The van der Waals surface area contributed by atoms with E-state index in [1.165, 1.54) is 12.8 Å². The highest BCUT2D eigenvalue weighted by molar-refractivity contribution is 5.94. The zero-order chi connectivity index (χ0) is 17.2. The molecule has 1 N–H and O–H groups in total. The van der Waals surface area contributed by atoms with Crippen LogP contribution in [-0.2, 0) is 17.8 Å². The number of carbonyl (C=O) groups excluding carboxylic acids is 1. The van der Waals surface area contributed by atoms with Gasteiger partial charge >= 0.3 is 0 Å². The predicted molar refractivity (Wildman–Crippen MR) is 95.0 cm³/mol. The molecule has 2 aromatic heterocycles. The average molecular weight is 338 g/mol. The lowest BCUT2D eigenvalue weighted by molar-refractivity contribution is -0.122. The van der Waals surface area contributed by atoms with Gasteiger partial charge in [-0.2, -0.15) is 0 Å². The van der Waals surface area contributed by atoms with Crippen LogP contribution in [0.4, 0.5) is 0 Å². The zero-order valence-corrected chi connectivity index (χ0v) is 14.4. The minimum absolute atomic E-state index is 0.0546. The Kier molecular flexibility index (Phi) is 4.26. The summed E-state index contributed by atoms with van der Waals surface area (Å²) in [5, 5.41) is 12.4. The summed E-state index contributed by atoms with van der Waals surface area (Å²) in [4.78, 5) is 12.4. The van der Waals surface area contributed by atoms with Crippen molar-refractivity contribution in [1.29, 1.82) is 0 Å². The van der Waals surface area contributed by atoms with Gasteiger partial charge in [0.05, 0.1) is 5.56 Å². The molecule has 1 aromatic carbocycles. The highest BCUT2D eigenvalue weighted by Gasteiger charge is 2.19. The molecule has 130 valence electrons. The first-order valence-corrected chi connectivity index (χ1v) is 8.94. The van der Waals surface area contributed by atoms with Gasteiger partial charge in [0.1, 0.15) is 6.54 Å². The molecule has 1 amide bonds. The first-order chi connectivity index (χ1) is 12.2. The molecule has 0 unspecified atom stereocenters. The topological polar surface area (TPSA) is 73.0 Å². The number of amides is 1. The second kappa shape index (κ2) is 6.70. The van der Waals surface area contributed by atoms with E-state index >= 15 is 0 Å². The zero-order valence-electron chi connectivity index (χ0n) is 14.4. The van der Waals surface area contributed by atoms with Crippen molar-refractivity contribution < 1.29 is 9.21 Å². The molecule has 2 heterocycles. The Labute approximate surface area is 146 Å². The summed E-state index contributed by atoms with van der Waals surface area (Å²) in [6.07, 6.45) is 7.23. The molecule has 0 saturated heterocycles. The molecule has 1 saturated carbocycles. The average Bonchev–Trinajstić information content (AvgIpc) is 3.35. The fourth-order valence-electron chi connectivity index (χ4n) is 3.55. The second-order valence-corrected chi connectivity index (χ2v) is 6.59. The fraction of sp³-hybridized carbons (Fsp3) is 0.421. The van der Waals surface area contributed by atoms with E-state index in [4.69, 9.17) is 4.42 Å². The van der Waals surface area contributed by atoms with Gasteiger partial charge in [0.2, 0.25) is 17.7 Å². The molecule has 0 aliphatic heterocycles. The number of hydrogen-bond donors (Lipinski definition) is 1. The van der Waals surface area contributed by atoms with Crippen LogP contribution in [0.2, 0.25) is 0 Å². The van der Waals surface area contributed by atoms with Gasteiger partial charge in [-0.25, -0.2) is 0 Å². The van der Waals surface area contributed by atoms with Gasteiger partial charge < -0.3 is 14.3 Å². The number of nitrogens with zero attached hydrogens (tertiary/aromatic N) is 3. The molecule has 1 fully saturated rings. The number of fused-ring (bicyclic) bond motifs is 1. The van der Waals surface area contributed by atoms with Crippen LogP contribution in [0.1, 0.15) is 38.5 Å². The van der Waals surface area contributed by atoms with Crippen molar-refractivity contribution in [3.8, 4) is 11.5 Å². The predicted octanol–water partition coefficient (Wildman–Crippen LogP) is 3.31. The molecule has 0 spiro atoms. The summed E-state index contributed by atoms with van der Waals surface area (Å²) < 4.78 is 7.68. The molecular weight excluding hydrogens is 316 g/mol. The molecule has 3 aromatic rings. The maximum atomic E-state index is 12.4. The minimum Gasteiger partial charge on any atom is -0.421 e. The Morgan fingerprint density at radius 3 is 2.84 bits per heavy atom. The van der Waals surface area contributed by atoms with E-state index in [0.29, 0.717) is 30.8 Å². The third-order valence-electron chi connectivity index (χ3n) is 4.82. The standard InChI is InChI=1S/C19H22N4O2/c1-2-18-21-22-19(25-18)15-11-23(16-10-6-5-9-14(15)16)12-17(24)20-13-7-3-4-8-13/h5-6,9-11,13H,2-4,7-8,12H2,1H3,(H,20,24). The SMILES string of the molecule is CCc1nnc(-c2cn(CC(=O)NC3CCCC3)c3ccccc23)o1. The van der Waals surface area contributed by atoms with Gasteiger partial charge in [-0.3, -0.25) is 4.79 Å². The van der Waals surface area contributed by atoms with E-state index in [0.717, 1.165) is 29.3 Å². The van der Waals surface area contributed by atoms with Gasteiger partial charge in [-0.15, -0.1) is 10.2 Å². The molecular formula is C19H22N4O2. The number of carbonyl (C=O) groups is 1. The summed E-state index contributed by atoms with van der Waals surface area (Å²) in [7, 11) is 0. The van der Waals surface area contributed by atoms with E-state index in [2.05, 4.69) is 15.5 Å². The Morgan fingerprint density at radius 2 is 2.08 bits per heavy atom. The van der Waals surface area contributed by atoms with Gasteiger partial charge in [0.25, 0.3) is 0 Å². The number of aromatic nitrogens is 3. The van der Waals surface area contributed by atoms with Crippen LogP contribution in [0.5, 0.6) is 0 Å². The van der Waals surface area contributed by atoms with E-state index in [9.17, 15) is 4.79 Å². The third-order valence-corrected chi connectivity index (χ3v) is 4.82. The molecule has 6 nitrogen and oxygen atoms in total. The maximum Gasteiger partial charge on any atom is 0.249 e. The molecule has 0 atom stereocenters. The van der Waals surface area contributed by atoms with E-state index in [1.54, 1.807) is 0 Å². The van der Waals surface area contributed by atoms with Gasteiger partial charge in [0.15, 0.2) is 0 Å². The molecule has 1 aliphatic rings. The second-order valence-electron chi connectivity index (χ2n) is 6.59. The van der Waals surface area contributed by atoms with Crippen molar-refractivity contribution in [3.05, 3.63) is 36.4 Å². The molecule has 0 bridgehead atoms. The van der Waals surface area contributed by atoms with Crippen LogP contribution >= 0.6 is 0 Å². The smallest absolute Gasteiger partial charge is 0.249 e. The quantitative estimate of drug-likeness (QED) is 0.774. The maximum absolute atomic E-state index is 12.4. The molecule has 4 rings (SSSR count). The number of benzene rings is 1. The van der Waals surface area contributed by atoms with Crippen molar-refractivity contribution in [2.45, 2.75) is 51.6 Å². The molecule has 1 aliphatic carbocycles. The summed E-state index contributed by atoms with van der Waals surface area (Å²) in [6.45, 7) is 2.28. The van der Waals surface area contributed by atoms with Crippen LogP contribution in [0, 0.1) is 0 Å². The number of aryl methyl sites for hydroxylation is 1. The van der Waals surface area contributed by atoms with Crippen molar-refractivity contribution in [1.82, 2.24) is 20.1 Å². The third kappa shape index (κ3) is 3.16. The van der Waals surface area contributed by atoms with Crippen LogP contribution in [0.15, 0.2) is 34.9 Å². The largest absolute Gasteiger partial charge is 0.421 e. The molecule has 25 heavy (non-hydrogen) atoms. The van der Waals surface area contributed by atoms with Gasteiger partial charge in [-0.05, 0) is 18.9 Å². The van der Waals surface area contributed by atoms with Crippen LogP contribution in [-0.4, -0.2) is 26.7 Å². The molecule has 0 radical (unpaired) electrons. The van der Waals surface area contributed by atoms with Crippen LogP contribution < -0.4 is 5.32 Å². The number of para-hydroxylation sites is 1. The van der Waals surface area contributed by atoms with Crippen molar-refractivity contribution in [2.24, 2.45) is 0 Å². The summed E-state index contributed by atoms with van der Waals surface area (Å²) in [5.74, 6) is 1.17. The first-order valence-electron chi connectivity index (χ1n) is 8.94. The number of nitrogens with one attached hydrogen (secondary N) is 1. The summed E-state index contributed by atoms with van der Waals surface area (Å²) >= 11 is 0. The first kappa shape index (κ1) is 15.9. The van der Waals surface area contributed by atoms with Gasteiger partial charge in [0, 0.05) is 29.6 Å². The summed E-state index contributed by atoms with van der Waals surface area (Å²) in [6, 6.07) is 8.32. The van der Waals surface area contributed by atoms with Gasteiger partial charge in [-0.1, -0.05) is 38.0 Å². The normalized spacial score (nSPS) is 15.1. The Hall–Kier alpha value is -2.63. The number of hydrogen-bond acceptors (Lipinski definition) is 4.